The van der Waals surface area contributed by atoms with Crippen molar-refractivity contribution < 1.29 is 0 Å². The standard InChI is InChI=1S/C21H25N5/c1-15(2)22-19-14-20(23-17-10-12-18(13-11-17)26(3)4)25-21(24-19)16-8-6-5-7-9-16/h5-15H,1-4H3,(H2,22,23,24,25). The topological polar surface area (TPSA) is 53.1 Å². The van der Waals surface area contributed by atoms with E-state index in [1.807, 2.05) is 50.5 Å². The van der Waals surface area contributed by atoms with Crippen LogP contribution < -0.4 is 15.5 Å². The van der Waals surface area contributed by atoms with E-state index in [9.17, 15) is 0 Å². The van der Waals surface area contributed by atoms with Crippen molar-refractivity contribution in [2.45, 2.75) is 19.9 Å². The van der Waals surface area contributed by atoms with Crippen LogP contribution in [0.1, 0.15) is 13.8 Å². The predicted octanol–water partition coefficient (Wildman–Crippen LogP) is 4.77. The number of nitrogens with one attached hydrogen (secondary N) is 2. The highest BCUT2D eigenvalue weighted by Crippen LogP contribution is 2.24. The first kappa shape index (κ1) is 17.7. The molecule has 2 aromatic carbocycles. The van der Waals surface area contributed by atoms with Gasteiger partial charge in [0.1, 0.15) is 11.6 Å². The van der Waals surface area contributed by atoms with E-state index in [-0.39, 0.29) is 0 Å². The molecular weight excluding hydrogens is 322 g/mol. The van der Waals surface area contributed by atoms with E-state index >= 15 is 0 Å². The van der Waals surface area contributed by atoms with Crippen LogP contribution in [0.5, 0.6) is 0 Å². The smallest absolute Gasteiger partial charge is 0.163 e. The number of rotatable bonds is 6. The summed E-state index contributed by atoms with van der Waals surface area (Å²) in [5.41, 5.74) is 3.14. The average Bonchev–Trinajstić information content (AvgIpc) is 2.62. The largest absolute Gasteiger partial charge is 0.378 e. The third-order valence-corrected chi connectivity index (χ3v) is 3.85. The molecule has 0 aliphatic heterocycles. The molecule has 0 atom stereocenters. The molecule has 5 heteroatoms. The van der Waals surface area contributed by atoms with Crippen LogP contribution in [0.25, 0.3) is 11.4 Å². The van der Waals surface area contributed by atoms with Gasteiger partial charge in [0.15, 0.2) is 5.82 Å². The summed E-state index contributed by atoms with van der Waals surface area (Å²) < 4.78 is 0. The van der Waals surface area contributed by atoms with E-state index in [1.165, 1.54) is 0 Å². The highest BCUT2D eigenvalue weighted by Gasteiger charge is 2.08. The summed E-state index contributed by atoms with van der Waals surface area (Å²) in [5, 5.41) is 6.75. The van der Waals surface area contributed by atoms with Crippen LogP contribution in [0.3, 0.4) is 0 Å². The van der Waals surface area contributed by atoms with Gasteiger partial charge in [0, 0.05) is 43.1 Å². The molecule has 5 nitrogen and oxygen atoms in total. The lowest BCUT2D eigenvalue weighted by molar-refractivity contribution is 0.887. The minimum absolute atomic E-state index is 0.292. The van der Waals surface area contributed by atoms with E-state index in [4.69, 9.17) is 4.98 Å². The number of nitrogens with zero attached hydrogens (tertiary/aromatic N) is 3. The van der Waals surface area contributed by atoms with E-state index in [0.717, 1.165) is 28.6 Å². The van der Waals surface area contributed by atoms with Gasteiger partial charge in [-0.25, -0.2) is 9.97 Å². The van der Waals surface area contributed by atoms with E-state index in [2.05, 4.69) is 58.6 Å². The molecule has 0 radical (unpaired) electrons. The van der Waals surface area contributed by atoms with Gasteiger partial charge in [0.2, 0.25) is 0 Å². The van der Waals surface area contributed by atoms with Crippen LogP contribution in [-0.2, 0) is 0 Å². The van der Waals surface area contributed by atoms with Crippen molar-refractivity contribution in [3.8, 4) is 11.4 Å². The van der Waals surface area contributed by atoms with Gasteiger partial charge in [-0.05, 0) is 38.1 Å². The number of benzene rings is 2. The zero-order valence-electron chi connectivity index (χ0n) is 15.7. The SMILES string of the molecule is CC(C)Nc1cc(Nc2ccc(N(C)C)cc2)nc(-c2ccccc2)n1. The highest BCUT2D eigenvalue weighted by atomic mass is 15.1. The fourth-order valence-corrected chi connectivity index (χ4v) is 2.59. The Balaban J connectivity index is 1.92. The number of hydrogen-bond acceptors (Lipinski definition) is 5. The first-order valence-electron chi connectivity index (χ1n) is 8.77. The molecule has 0 saturated heterocycles. The number of hydrogen-bond donors (Lipinski definition) is 2. The Morgan fingerprint density at radius 1 is 0.846 bits per heavy atom. The normalized spacial score (nSPS) is 10.7. The lowest BCUT2D eigenvalue weighted by Gasteiger charge is -2.15. The highest BCUT2D eigenvalue weighted by molar-refractivity contribution is 5.66. The summed E-state index contributed by atoms with van der Waals surface area (Å²) >= 11 is 0. The molecule has 3 rings (SSSR count). The Hall–Kier alpha value is -3.08. The van der Waals surface area contributed by atoms with Gasteiger partial charge < -0.3 is 15.5 Å². The zero-order valence-corrected chi connectivity index (χ0v) is 15.7. The molecule has 3 aromatic rings. The van der Waals surface area contributed by atoms with Crippen LogP contribution in [0, 0.1) is 0 Å². The molecule has 0 fully saturated rings. The summed E-state index contributed by atoms with van der Waals surface area (Å²) in [6, 6.07) is 20.5. The van der Waals surface area contributed by atoms with Crippen molar-refractivity contribution in [3.63, 3.8) is 0 Å². The van der Waals surface area contributed by atoms with E-state index in [1.54, 1.807) is 0 Å². The quantitative estimate of drug-likeness (QED) is 0.672. The Labute approximate surface area is 155 Å². The van der Waals surface area contributed by atoms with Crippen LogP contribution in [0.15, 0.2) is 60.7 Å². The van der Waals surface area contributed by atoms with Crippen molar-refractivity contribution in [2.24, 2.45) is 0 Å². The third-order valence-electron chi connectivity index (χ3n) is 3.85. The minimum atomic E-state index is 0.292. The molecule has 0 amide bonds. The number of aromatic nitrogens is 2. The molecule has 0 saturated carbocycles. The fraction of sp³-hybridized carbons (Fsp3) is 0.238. The molecule has 0 spiro atoms. The van der Waals surface area contributed by atoms with Crippen molar-refractivity contribution >= 4 is 23.0 Å². The molecule has 134 valence electrons. The second-order valence-corrected chi connectivity index (χ2v) is 6.69. The third kappa shape index (κ3) is 4.51. The van der Waals surface area contributed by atoms with Crippen LogP contribution in [-0.4, -0.2) is 30.1 Å². The van der Waals surface area contributed by atoms with Gasteiger partial charge in [-0.1, -0.05) is 30.3 Å². The van der Waals surface area contributed by atoms with Crippen molar-refractivity contribution in [3.05, 3.63) is 60.7 Å². The molecule has 26 heavy (non-hydrogen) atoms. The maximum atomic E-state index is 4.69. The van der Waals surface area contributed by atoms with Gasteiger partial charge in [-0.3, -0.25) is 0 Å². The van der Waals surface area contributed by atoms with Crippen LogP contribution in [0.4, 0.5) is 23.0 Å². The molecule has 0 aliphatic rings. The van der Waals surface area contributed by atoms with Gasteiger partial charge >= 0.3 is 0 Å². The Morgan fingerprint density at radius 2 is 1.50 bits per heavy atom. The van der Waals surface area contributed by atoms with Gasteiger partial charge in [-0.2, -0.15) is 0 Å². The Kier molecular flexibility index (Phi) is 5.37. The maximum absolute atomic E-state index is 4.69. The Morgan fingerprint density at radius 3 is 2.12 bits per heavy atom. The molecule has 1 aromatic heterocycles. The van der Waals surface area contributed by atoms with E-state index < -0.39 is 0 Å². The second kappa shape index (κ2) is 7.87. The minimum Gasteiger partial charge on any atom is -0.378 e. The molecule has 1 heterocycles. The van der Waals surface area contributed by atoms with Crippen LogP contribution >= 0.6 is 0 Å². The summed E-state index contributed by atoms with van der Waals surface area (Å²) in [5.74, 6) is 2.27. The zero-order chi connectivity index (χ0) is 18.5. The fourth-order valence-electron chi connectivity index (χ4n) is 2.59. The van der Waals surface area contributed by atoms with Crippen molar-refractivity contribution in [1.82, 2.24) is 9.97 Å². The van der Waals surface area contributed by atoms with Gasteiger partial charge in [-0.15, -0.1) is 0 Å². The first-order valence-corrected chi connectivity index (χ1v) is 8.77. The molecule has 2 N–H and O–H groups in total. The van der Waals surface area contributed by atoms with Gasteiger partial charge in [0.25, 0.3) is 0 Å². The van der Waals surface area contributed by atoms with E-state index in [0.29, 0.717) is 11.9 Å². The molecule has 0 aliphatic carbocycles. The van der Waals surface area contributed by atoms with Gasteiger partial charge in [0.05, 0.1) is 0 Å². The summed E-state index contributed by atoms with van der Waals surface area (Å²) in [4.78, 5) is 11.4. The summed E-state index contributed by atoms with van der Waals surface area (Å²) in [7, 11) is 4.06. The average molecular weight is 347 g/mol. The van der Waals surface area contributed by atoms with Crippen molar-refractivity contribution in [1.29, 1.82) is 0 Å². The lowest BCUT2D eigenvalue weighted by atomic mass is 10.2. The Bertz CT molecular complexity index is 842. The monoisotopic (exact) mass is 347 g/mol. The number of anilines is 4. The molecular formula is C21H25N5. The summed E-state index contributed by atoms with van der Waals surface area (Å²) in [6.07, 6.45) is 0. The second-order valence-electron chi connectivity index (χ2n) is 6.69. The summed E-state index contributed by atoms with van der Waals surface area (Å²) in [6.45, 7) is 4.19. The molecule has 0 unspecified atom stereocenters. The molecule has 0 bridgehead atoms. The maximum Gasteiger partial charge on any atom is 0.163 e. The van der Waals surface area contributed by atoms with Crippen LogP contribution in [0.2, 0.25) is 0 Å². The van der Waals surface area contributed by atoms with Crippen molar-refractivity contribution in [2.75, 3.05) is 29.6 Å². The predicted molar refractivity (Wildman–Crippen MR) is 110 cm³/mol. The lowest BCUT2D eigenvalue weighted by Crippen LogP contribution is -2.12. The first-order chi connectivity index (χ1) is 12.5.